The molecule has 0 aliphatic carbocycles. The number of benzene rings is 3. The van der Waals surface area contributed by atoms with Gasteiger partial charge in [-0.1, -0.05) is 81.8 Å². The summed E-state index contributed by atoms with van der Waals surface area (Å²) in [4.78, 5) is 22.4. The number of piperidine rings is 1. The fraction of sp³-hybridized carbons (Fsp3) is 0.344. The molecule has 0 saturated carbocycles. The highest BCUT2D eigenvalue weighted by molar-refractivity contribution is 9.10. The van der Waals surface area contributed by atoms with Gasteiger partial charge in [0.2, 0.25) is 17.6 Å². The number of likely N-dealkylation sites (tertiary alicyclic amines) is 1. The van der Waals surface area contributed by atoms with Crippen molar-refractivity contribution in [3.8, 4) is 11.4 Å². The predicted octanol–water partition coefficient (Wildman–Crippen LogP) is 5.59. The van der Waals surface area contributed by atoms with Gasteiger partial charge < -0.3 is 9.84 Å². The summed E-state index contributed by atoms with van der Waals surface area (Å²) < 4.78 is 6.50. The van der Waals surface area contributed by atoms with Crippen molar-refractivity contribution >= 4 is 21.8 Å². The molecule has 0 bridgehead atoms. The van der Waals surface area contributed by atoms with E-state index in [1.165, 1.54) is 16.7 Å². The molecule has 1 amide bonds. The lowest BCUT2D eigenvalue weighted by Crippen LogP contribution is -2.42. The van der Waals surface area contributed by atoms with E-state index in [2.05, 4.69) is 89.7 Å². The summed E-state index contributed by atoms with van der Waals surface area (Å²) >= 11 is 3.49. The van der Waals surface area contributed by atoms with Crippen molar-refractivity contribution < 1.29 is 9.32 Å². The lowest BCUT2D eigenvalue weighted by molar-refractivity contribution is -0.127. The third kappa shape index (κ3) is 6.69. The number of carbonyl (C=O) groups is 1. The van der Waals surface area contributed by atoms with Crippen LogP contribution < -0.4 is 5.32 Å². The highest BCUT2D eigenvalue weighted by atomic mass is 79.9. The maximum atomic E-state index is 13.1. The smallest absolute Gasteiger partial charge is 0.241 e. The van der Waals surface area contributed by atoms with E-state index >= 15 is 0 Å². The third-order valence-corrected chi connectivity index (χ3v) is 8.35. The van der Waals surface area contributed by atoms with E-state index in [1.807, 2.05) is 24.3 Å². The summed E-state index contributed by atoms with van der Waals surface area (Å²) in [5.74, 6) is 1.22. The molecule has 1 unspecified atom stereocenters. The number of hydrogen-bond acceptors (Lipinski definition) is 6. The van der Waals surface area contributed by atoms with Crippen molar-refractivity contribution in [2.45, 2.75) is 45.4 Å². The van der Waals surface area contributed by atoms with E-state index in [9.17, 15) is 4.79 Å². The zero-order valence-electron chi connectivity index (χ0n) is 22.6. The first-order chi connectivity index (χ1) is 19.6. The van der Waals surface area contributed by atoms with Crippen LogP contribution in [0.25, 0.3) is 11.4 Å². The van der Waals surface area contributed by atoms with Crippen LogP contribution in [0.2, 0.25) is 0 Å². The van der Waals surface area contributed by atoms with Gasteiger partial charge in [-0.15, -0.1) is 0 Å². The summed E-state index contributed by atoms with van der Waals surface area (Å²) in [6.45, 7) is 5.69. The lowest BCUT2D eigenvalue weighted by atomic mass is 9.97. The lowest BCUT2D eigenvalue weighted by Gasteiger charge is -2.31. The van der Waals surface area contributed by atoms with E-state index in [0.717, 1.165) is 61.0 Å². The average molecular weight is 601 g/mol. The zero-order valence-corrected chi connectivity index (χ0v) is 24.1. The maximum absolute atomic E-state index is 13.1. The molecule has 8 heteroatoms. The van der Waals surface area contributed by atoms with Crippen molar-refractivity contribution in [3.63, 3.8) is 0 Å². The molecule has 2 aliphatic heterocycles. The van der Waals surface area contributed by atoms with Crippen molar-refractivity contribution in [1.29, 1.82) is 0 Å². The summed E-state index contributed by atoms with van der Waals surface area (Å²) in [6, 6.07) is 25.2. The summed E-state index contributed by atoms with van der Waals surface area (Å²) in [5, 5.41) is 7.34. The first-order valence-electron chi connectivity index (χ1n) is 14.0. The van der Waals surface area contributed by atoms with Crippen LogP contribution in [0.15, 0.2) is 81.8 Å². The van der Waals surface area contributed by atoms with Crippen LogP contribution >= 0.6 is 15.9 Å². The van der Waals surface area contributed by atoms with Crippen molar-refractivity contribution in [2.75, 3.05) is 19.6 Å². The number of rotatable bonds is 8. The summed E-state index contributed by atoms with van der Waals surface area (Å²) in [7, 11) is 0. The molecular weight excluding hydrogens is 566 g/mol. The molecule has 4 aromatic rings. The van der Waals surface area contributed by atoms with Crippen LogP contribution in [0, 0.1) is 5.92 Å². The average Bonchev–Trinajstić information content (AvgIpc) is 3.45. The molecule has 206 valence electrons. The molecule has 0 radical (unpaired) electrons. The van der Waals surface area contributed by atoms with Crippen molar-refractivity contribution in [3.05, 3.63) is 105 Å². The van der Waals surface area contributed by atoms with Crippen LogP contribution in [0.1, 0.15) is 41.0 Å². The van der Waals surface area contributed by atoms with E-state index in [4.69, 9.17) is 4.52 Å². The second kappa shape index (κ2) is 12.5. The molecular formula is C32H34BrN5O2. The van der Waals surface area contributed by atoms with Gasteiger partial charge in [-0.05, 0) is 60.2 Å². The Bertz CT molecular complexity index is 1470. The van der Waals surface area contributed by atoms with Gasteiger partial charge in [0, 0.05) is 42.8 Å². The highest BCUT2D eigenvalue weighted by Crippen LogP contribution is 2.23. The fourth-order valence-electron chi connectivity index (χ4n) is 5.79. The quantitative estimate of drug-likeness (QED) is 0.285. The minimum atomic E-state index is -0.0437. The topological polar surface area (TPSA) is 74.5 Å². The number of nitrogens with zero attached hydrogens (tertiary/aromatic N) is 4. The van der Waals surface area contributed by atoms with E-state index in [-0.39, 0.29) is 11.8 Å². The zero-order chi connectivity index (χ0) is 27.3. The molecule has 2 aliphatic rings. The molecule has 0 spiro atoms. The van der Waals surface area contributed by atoms with Gasteiger partial charge in [-0.2, -0.15) is 4.98 Å². The largest absolute Gasteiger partial charge is 0.352 e. The van der Waals surface area contributed by atoms with Crippen LogP contribution in [0.3, 0.4) is 0 Å². The first-order valence-corrected chi connectivity index (χ1v) is 14.8. The number of halogens is 1. The van der Waals surface area contributed by atoms with Crippen LogP contribution in [0.4, 0.5) is 0 Å². The van der Waals surface area contributed by atoms with Gasteiger partial charge in [0.15, 0.2) is 0 Å². The normalized spacial score (nSPS) is 17.9. The highest BCUT2D eigenvalue weighted by Gasteiger charge is 2.27. The number of fused-ring (bicyclic) bond motifs is 1. The molecule has 1 fully saturated rings. The number of aromatic nitrogens is 2. The monoisotopic (exact) mass is 599 g/mol. The Balaban J connectivity index is 0.996. The van der Waals surface area contributed by atoms with Crippen LogP contribution in [0.5, 0.6) is 0 Å². The Kier molecular flexibility index (Phi) is 8.37. The number of hydrogen-bond donors (Lipinski definition) is 1. The Morgan fingerprint density at radius 1 is 0.950 bits per heavy atom. The third-order valence-electron chi connectivity index (χ3n) is 7.86. The van der Waals surface area contributed by atoms with Gasteiger partial charge in [0.05, 0.1) is 12.5 Å². The summed E-state index contributed by atoms with van der Waals surface area (Å²) in [5.41, 5.74) is 6.24. The molecule has 40 heavy (non-hydrogen) atoms. The van der Waals surface area contributed by atoms with Crippen LogP contribution in [-0.2, 0) is 37.4 Å². The minimum absolute atomic E-state index is 0.0437. The Morgan fingerprint density at radius 3 is 2.70 bits per heavy atom. The minimum Gasteiger partial charge on any atom is -0.352 e. The maximum Gasteiger partial charge on any atom is 0.241 e. The SMILES string of the molecule is O=C(NCc1cccc(CN2CCc3ccccc3C2)c1)C1CCCN(Cc2nc(-c3cccc(Br)c3)no2)C1. The molecule has 1 atom stereocenters. The Hall–Kier alpha value is -3.33. The number of amides is 1. The molecule has 7 nitrogen and oxygen atoms in total. The number of carbonyl (C=O) groups excluding carboxylic acids is 1. The molecule has 1 N–H and O–H groups in total. The standard InChI is InChI=1S/C32H34BrN5O2/c33-29-12-4-10-26(17-29)31-35-30(40-36-31)22-37-14-5-11-28(21-37)32(39)34-18-23-6-3-7-24(16-23)19-38-15-13-25-8-1-2-9-27(25)20-38/h1-4,6-10,12,16-17,28H,5,11,13-15,18-22H2,(H,34,39). The molecule has 6 rings (SSSR count). The van der Waals surface area contributed by atoms with Gasteiger partial charge in [0.1, 0.15) is 0 Å². The van der Waals surface area contributed by atoms with E-state index in [0.29, 0.717) is 31.3 Å². The van der Waals surface area contributed by atoms with E-state index < -0.39 is 0 Å². The Labute approximate surface area is 243 Å². The van der Waals surface area contributed by atoms with Crippen molar-refractivity contribution in [1.82, 2.24) is 25.3 Å². The van der Waals surface area contributed by atoms with Gasteiger partial charge in [0.25, 0.3) is 0 Å². The van der Waals surface area contributed by atoms with Crippen LogP contribution in [-0.4, -0.2) is 45.5 Å². The molecule has 1 saturated heterocycles. The molecule has 1 aromatic heterocycles. The van der Waals surface area contributed by atoms with Gasteiger partial charge >= 0.3 is 0 Å². The van der Waals surface area contributed by atoms with E-state index in [1.54, 1.807) is 0 Å². The number of nitrogens with one attached hydrogen (secondary N) is 1. The van der Waals surface area contributed by atoms with Gasteiger partial charge in [-0.25, -0.2) is 0 Å². The second-order valence-corrected chi connectivity index (χ2v) is 11.8. The second-order valence-electron chi connectivity index (χ2n) is 10.9. The van der Waals surface area contributed by atoms with Gasteiger partial charge in [-0.3, -0.25) is 14.6 Å². The molecule has 3 heterocycles. The molecule has 3 aromatic carbocycles. The summed E-state index contributed by atoms with van der Waals surface area (Å²) in [6.07, 6.45) is 2.97. The first kappa shape index (κ1) is 26.9. The van der Waals surface area contributed by atoms with Crippen molar-refractivity contribution in [2.24, 2.45) is 5.92 Å². The predicted molar refractivity (Wildman–Crippen MR) is 158 cm³/mol. The Morgan fingerprint density at radius 2 is 1.80 bits per heavy atom. The fourth-order valence-corrected chi connectivity index (χ4v) is 6.19.